The summed E-state index contributed by atoms with van der Waals surface area (Å²) in [6.45, 7) is 2.96. The number of nitrogens with zero attached hydrogens (tertiary/aromatic N) is 2. The molecule has 0 saturated heterocycles. The summed E-state index contributed by atoms with van der Waals surface area (Å²) in [4.78, 5) is 6.27. The van der Waals surface area contributed by atoms with Crippen LogP contribution in [0.5, 0.6) is 5.75 Å². The summed E-state index contributed by atoms with van der Waals surface area (Å²) in [5.74, 6) is 0.166. The molecule has 2 atom stereocenters. The lowest BCUT2D eigenvalue weighted by Gasteiger charge is -2.27. The highest BCUT2D eigenvalue weighted by atomic mass is 35.5. The summed E-state index contributed by atoms with van der Waals surface area (Å²) in [5.41, 5.74) is 7.83. The summed E-state index contributed by atoms with van der Waals surface area (Å²) < 4.78 is 6.45. The predicted octanol–water partition coefficient (Wildman–Crippen LogP) is 3.70. The molecule has 134 valence electrons. The van der Waals surface area contributed by atoms with Crippen molar-refractivity contribution in [2.24, 2.45) is 0 Å². The van der Waals surface area contributed by atoms with Crippen LogP contribution in [0.4, 0.5) is 5.82 Å². The molecule has 3 N–H and O–H groups in total. The lowest BCUT2D eigenvalue weighted by atomic mass is 9.88. The van der Waals surface area contributed by atoms with Crippen molar-refractivity contribution in [3.05, 3.63) is 52.2 Å². The van der Waals surface area contributed by atoms with Gasteiger partial charge in [-0.25, -0.2) is 4.98 Å². The average molecular weight is 362 g/mol. The molecule has 0 aliphatic carbocycles. The van der Waals surface area contributed by atoms with E-state index in [-0.39, 0.29) is 17.7 Å². The minimum absolute atomic E-state index is 0.0290. The number of nitrogen functional groups attached to an aromatic ring is 1. The van der Waals surface area contributed by atoms with Gasteiger partial charge in [0.15, 0.2) is 11.6 Å². The highest BCUT2D eigenvalue weighted by molar-refractivity contribution is 6.30. The number of hydrogen-bond donors (Lipinski definition) is 2. The van der Waals surface area contributed by atoms with Crippen LogP contribution in [0.3, 0.4) is 0 Å². The molecule has 1 aliphatic heterocycles. The summed E-state index contributed by atoms with van der Waals surface area (Å²) in [7, 11) is 4.09. The largest absolute Gasteiger partial charge is 0.504 e. The molecular formula is C19H24ClN3O2. The highest BCUT2D eigenvalue weighted by Gasteiger charge is 2.44. The monoisotopic (exact) mass is 361 g/mol. The molecule has 5 nitrogen and oxygen atoms in total. The molecule has 2 unspecified atom stereocenters. The standard InChI is InChI=1S/C19H24ClN3O2/c1-19(9-4-10-23(2)3)15-14(11-22-18(21)16(15)24)17(25-19)12-5-7-13(20)8-6-12/h5-8,11,17,24H,4,9-10H2,1-3H3,(H2,21,22). The molecule has 0 spiro atoms. The van der Waals surface area contributed by atoms with E-state index in [1.807, 2.05) is 45.3 Å². The first-order chi connectivity index (χ1) is 11.8. The maximum Gasteiger partial charge on any atom is 0.166 e. The number of ether oxygens (including phenoxy) is 1. The molecule has 6 heteroatoms. The number of benzene rings is 1. The number of fused-ring (bicyclic) bond motifs is 1. The van der Waals surface area contributed by atoms with Gasteiger partial charge in [0.25, 0.3) is 0 Å². The number of hydrogen-bond acceptors (Lipinski definition) is 5. The van der Waals surface area contributed by atoms with Crippen LogP contribution >= 0.6 is 11.6 Å². The number of halogens is 1. The maximum atomic E-state index is 10.6. The molecule has 3 rings (SSSR count). The van der Waals surface area contributed by atoms with Crippen molar-refractivity contribution in [2.45, 2.75) is 31.5 Å². The summed E-state index contributed by atoms with van der Waals surface area (Å²) in [6.07, 6.45) is 3.13. The highest BCUT2D eigenvalue weighted by Crippen LogP contribution is 2.52. The van der Waals surface area contributed by atoms with Crippen molar-refractivity contribution in [3.63, 3.8) is 0 Å². The van der Waals surface area contributed by atoms with Crippen LogP contribution < -0.4 is 5.73 Å². The number of rotatable bonds is 5. The number of pyridine rings is 1. The smallest absolute Gasteiger partial charge is 0.166 e. The predicted molar refractivity (Wildman–Crippen MR) is 99.8 cm³/mol. The lowest BCUT2D eigenvalue weighted by molar-refractivity contribution is -0.0560. The van der Waals surface area contributed by atoms with Crippen LogP contribution in [0.2, 0.25) is 5.02 Å². The Labute approximate surface area is 153 Å². The zero-order valence-corrected chi connectivity index (χ0v) is 15.5. The van der Waals surface area contributed by atoms with Gasteiger partial charge >= 0.3 is 0 Å². The van der Waals surface area contributed by atoms with E-state index in [9.17, 15) is 5.11 Å². The zero-order valence-electron chi connectivity index (χ0n) is 14.8. The van der Waals surface area contributed by atoms with E-state index in [0.29, 0.717) is 5.02 Å². The fourth-order valence-corrected chi connectivity index (χ4v) is 3.59. The number of aromatic nitrogens is 1. The zero-order chi connectivity index (χ0) is 18.2. The minimum Gasteiger partial charge on any atom is -0.504 e. The molecule has 0 radical (unpaired) electrons. The first-order valence-electron chi connectivity index (χ1n) is 8.37. The molecule has 1 aliphatic rings. The van der Waals surface area contributed by atoms with Gasteiger partial charge in [0.05, 0.1) is 5.60 Å². The average Bonchev–Trinajstić information content (AvgIpc) is 2.85. The Morgan fingerprint density at radius 2 is 2.00 bits per heavy atom. The van der Waals surface area contributed by atoms with E-state index in [4.69, 9.17) is 22.1 Å². The van der Waals surface area contributed by atoms with Gasteiger partial charge in [0, 0.05) is 22.3 Å². The number of nitrogens with two attached hydrogens (primary N) is 1. The molecule has 2 heterocycles. The van der Waals surface area contributed by atoms with Gasteiger partial charge in [-0.3, -0.25) is 0 Å². The van der Waals surface area contributed by atoms with E-state index in [1.165, 1.54) is 0 Å². The number of anilines is 1. The third kappa shape index (κ3) is 3.45. The van der Waals surface area contributed by atoms with Crippen molar-refractivity contribution in [3.8, 4) is 5.75 Å². The third-order valence-electron chi connectivity index (χ3n) is 4.73. The van der Waals surface area contributed by atoms with Crippen LogP contribution in [0.25, 0.3) is 0 Å². The fraction of sp³-hybridized carbons (Fsp3) is 0.421. The second-order valence-corrected chi connectivity index (χ2v) is 7.45. The van der Waals surface area contributed by atoms with Gasteiger partial charge in [-0.1, -0.05) is 23.7 Å². The van der Waals surface area contributed by atoms with Gasteiger partial charge in [0.2, 0.25) is 0 Å². The van der Waals surface area contributed by atoms with Gasteiger partial charge in [-0.2, -0.15) is 0 Å². The second-order valence-electron chi connectivity index (χ2n) is 7.01. The van der Waals surface area contributed by atoms with Crippen molar-refractivity contribution in [1.29, 1.82) is 0 Å². The van der Waals surface area contributed by atoms with E-state index >= 15 is 0 Å². The Kier molecular flexibility index (Phi) is 4.91. The Morgan fingerprint density at radius 3 is 2.64 bits per heavy atom. The van der Waals surface area contributed by atoms with Gasteiger partial charge in [0.1, 0.15) is 6.10 Å². The molecule has 0 bridgehead atoms. The SMILES string of the molecule is CN(C)CCCC1(C)OC(c2ccc(Cl)cc2)c2cnc(N)c(O)c21. The lowest BCUT2D eigenvalue weighted by Crippen LogP contribution is -2.24. The van der Waals surface area contributed by atoms with Crippen LogP contribution in [0.15, 0.2) is 30.5 Å². The maximum absolute atomic E-state index is 10.6. The molecule has 1 aromatic carbocycles. The minimum atomic E-state index is -0.614. The van der Waals surface area contributed by atoms with Gasteiger partial charge in [-0.05, 0) is 58.1 Å². The Morgan fingerprint density at radius 1 is 1.32 bits per heavy atom. The van der Waals surface area contributed by atoms with Crippen molar-refractivity contribution in [1.82, 2.24) is 9.88 Å². The van der Waals surface area contributed by atoms with E-state index < -0.39 is 5.60 Å². The molecule has 0 fully saturated rings. The van der Waals surface area contributed by atoms with E-state index in [0.717, 1.165) is 36.1 Å². The Bertz CT molecular complexity index is 764. The van der Waals surface area contributed by atoms with Crippen LogP contribution in [-0.4, -0.2) is 35.6 Å². The van der Waals surface area contributed by atoms with Crippen molar-refractivity contribution in [2.75, 3.05) is 26.4 Å². The topological polar surface area (TPSA) is 71.6 Å². The molecule has 25 heavy (non-hydrogen) atoms. The second kappa shape index (κ2) is 6.83. The molecule has 1 aromatic heterocycles. The van der Waals surface area contributed by atoms with Gasteiger partial charge in [-0.15, -0.1) is 0 Å². The normalized spacial score (nSPS) is 22.4. The molecule has 2 aromatic rings. The van der Waals surface area contributed by atoms with Crippen molar-refractivity contribution >= 4 is 17.4 Å². The number of aromatic hydroxyl groups is 1. The van der Waals surface area contributed by atoms with Gasteiger partial charge < -0.3 is 20.5 Å². The molecule has 0 amide bonds. The fourth-order valence-electron chi connectivity index (χ4n) is 3.47. The Hall–Kier alpha value is -1.82. The van der Waals surface area contributed by atoms with Crippen molar-refractivity contribution < 1.29 is 9.84 Å². The summed E-state index contributed by atoms with van der Waals surface area (Å²) in [6, 6.07) is 7.56. The van der Waals surface area contributed by atoms with Crippen LogP contribution in [0.1, 0.15) is 42.6 Å². The molecule has 0 saturated carbocycles. The summed E-state index contributed by atoms with van der Waals surface area (Å²) >= 11 is 6.00. The van der Waals surface area contributed by atoms with Crippen LogP contribution in [0, 0.1) is 0 Å². The Balaban J connectivity index is 2.00. The first kappa shape index (κ1) is 18.0. The van der Waals surface area contributed by atoms with Crippen LogP contribution in [-0.2, 0) is 10.3 Å². The molecular weight excluding hydrogens is 338 g/mol. The third-order valence-corrected chi connectivity index (χ3v) is 4.98. The quantitative estimate of drug-likeness (QED) is 0.849. The first-order valence-corrected chi connectivity index (χ1v) is 8.75. The van der Waals surface area contributed by atoms with E-state index in [2.05, 4.69) is 9.88 Å². The van der Waals surface area contributed by atoms with E-state index in [1.54, 1.807) is 6.20 Å². The summed E-state index contributed by atoms with van der Waals surface area (Å²) in [5, 5.41) is 11.2.